The zero-order chi connectivity index (χ0) is 16.4. The van der Waals surface area contributed by atoms with Crippen LogP contribution in [0.4, 0.5) is 11.6 Å². The number of aromatic nitrogens is 4. The van der Waals surface area contributed by atoms with Crippen molar-refractivity contribution in [1.29, 1.82) is 0 Å². The molecule has 0 saturated heterocycles. The molecule has 0 aliphatic rings. The Kier molecular flexibility index (Phi) is 4.02. The van der Waals surface area contributed by atoms with Gasteiger partial charge in [-0.1, -0.05) is 30.0 Å². The summed E-state index contributed by atoms with van der Waals surface area (Å²) in [5.74, 6) is -0.00404. The number of rotatable bonds is 4. The van der Waals surface area contributed by atoms with Crippen LogP contribution in [-0.4, -0.2) is 31.6 Å². The second-order valence-corrected chi connectivity index (χ2v) is 5.81. The van der Waals surface area contributed by atoms with E-state index in [1.54, 1.807) is 0 Å². The van der Waals surface area contributed by atoms with E-state index in [0.717, 1.165) is 11.3 Å². The number of H-pyrrole nitrogens is 2. The van der Waals surface area contributed by atoms with Crippen molar-refractivity contribution >= 4 is 40.5 Å². The second kappa shape index (κ2) is 6.13. The quantitative estimate of drug-likeness (QED) is 0.533. The summed E-state index contributed by atoms with van der Waals surface area (Å²) in [7, 11) is 0. The zero-order valence-corrected chi connectivity index (χ0v) is 13.0. The Bertz CT molecular complexity index is 932. The number of para-hydroxylation sites is 1. The fourth-order valence-corrected chi connectivity index (χ4v) is 2.67. The number of aryl methyl sites for hydroxylation is 1. The lowest BCUT2D eigenvalue weighted by molar-refractivity contribution is -0.113. The molecule has 0 bridgehead atoms. The van der Waals surface area contributed by atoms with E-state index in [-0.39, 0.29) is 28.8 Å². The molecule has 9 heteroatoms. The highest BCUT2D eigenvalue weighted by molar-refractivity contribution is 7.99. The van der Waals surface area contributed by atoms with Gasteiger partial charge in [0.05, 0.1) is 5.75 Å². The van der Waals surface area contributed by atoms with Crippen molar-refractivity contribution < 1.29 is 4.79 Å². The third-order valence-electron chi connectivity index (χ3n) is 3.12. The number of nitrogens with two attached hydrogens (primary N) is 1. The molecule has 0 spiro atoms. The van der Waals surface area contributed by atoms with Crippen molar-refractivity contribution in [2.45, 2.75) is 12.1 Å². The number of nitrogen functional groups attached to an aromatic ring is 1. The minimum Gasteiger partial charge on any atom is -0.369 e. The van der Waals surface area contributed by atoms with Crippen LogP contribution in [0.3, 0.4) is 0 Å². The number of hydrogen-bond donors (Lipinski definition) is 4. The molecule has 8 nitrogen and oxygen atoms in total. The largest absolute Gasteiger partial charge is 0.369 e. The second-order valence-electron chi connectivity index (χ2n) is 4.84. The molecule has 0 fully saturated rings. The number of thioether (sulfide) groups is 1. The molecule has 3 aromatic rings. The van der Waals surface area contributed by atoms with Crippen LogP contribution >= 0.6 is 11.8 Å². The van der Waals surface area contributed by atoms with Crippen molar-refractivity contribution in [1.82, 2.24) is 19.9 Å². The van der Waals surface area contributed by atoms with E-state index in [4.69, 9.17) is 5.73 Å². The molecule has 0 saturated carbocycles. The molecule has 3 rings (SSSR count). The molecule has 2 aromatic heterocycles. The van der Waals surface area contributed by atoms with Gasteiger partial charge in [-0.15, -0.1) is 0 Å². The van der Waals surface area contributed by atoms with Crippen LogP contribution in [0.15, 0.2) is 34.2 Å². The molecule has 1 aromatic carbocycles. The Morgan fingerprint density at radius 1 is 1.30 bits per heavy atom. The van der Waals surface area contributed by atoms with Gasteiger partial charge in [-0.2, -0.15) is 4.98 Å². The normalized spacial score (nSPS) is 10.8. The number of imidazole rings is 1. The van der Waals surface area contributed by atoms with Crippen LogP contribution in [0.5, 0.6) is 0 Å². The van der Waals surface area contributed by atoms with Crippen LogP contribution in [0.1, 0.15) is 5.56 Å². The maximum atomic E-state index is 12.0. The summed E-state index contributed by atoms with van der Waals surface area (Å²) in [6.07, 6.45) is 0. The minimum absolute atomic E-state index is 0.00264. The number of anilines is 2. The van der Waals surface area contributed by atoms with Gasteiger partial charge in [-0.25, -0.2) is 4.98 Å². The van der Waals surface area contributed by atoms with Gasteiger partial charge in [0, 0.05) is 5.69 Å². The van der Waals surface area contributed by atoms with Crippen molar-refractivity contribution in [3.05, 3.63) is 40.2 Å². The van der Waals surface area contributed by atoms with E-state index in [0.29, 0.717) is 5.16 Å². The van der Waals surface area contributed by atoms with Gasteiger partial charge >= 0.3 is 0 Å². The SMILES string of the molecule is Cc1ccccc1NC(=O)CSc1nc2nc(N)[nH]c(=O)c2[nH]1. The molecule has 0 aliphatic heterocycles. The molecule has 23 heavy (non-hydrogen) atoms. The Morgan fingerprint density at radius 2 is 2.09 bits per heavy atom. The van der Waals surface area contributed by atoms with E-state index >= 15 is 0 Å². The highest BCUT2D eigenvalue weighted by atomic mass is 32.2. The average molecular weight is 330 g/mol. The third-order valence-corrected chi connectivity index (χ3v) is 3.99. The number of nitrogens with one attached hydrogen (secondary N) is 3. The Hall–Kier alpha value is -2.81. The summed E-state index contributed by atoms with van der Waals surface area (Å²) in [5.41, 5.74) is 7.30. The number of nitrogens with zero attached hydrogens (tertiary/aromatic N) is 2. The average Bonchev–Trinajstić information content (AvgIpc) is 2.91. The van der Waals surface area contributed by atoms with Crippen molar-refractivity contribution in [2.75, 3.05) is 16.8 Å². The first-order chi connectivity index (χ1) is 11.0. The molecular formula is C14H14N6O2S. The van der Waals surface area contributed by atoms with Gasteiger partial charge in [0.2, 0.25) is 11.9 Å². The van der Waals surface area contributed by atoms with Gasteiger partial charge in [0.15, 0.2) is 16.3 Å². The lowest BCUT2D eigenvalue weighted by atomic mass is 10.2. The highest BCUT2D eigenvalue weighted by Gasteiger charge is 2.11. The van der Waals surface area contributed by atoms with E-state index in [9.17, 15) is 9.59 Å². The standard InChI is InChI=1S/C14H14N6O2S/c1-7-4-2-3-5-8(7)16-9(21)6-23-14-17-10-11(19-14)18-13(15)20-12(10)22/h2-5H,6H2,1H3,(H,16,21)(H4,15,17,18,19,20,22). The summed E-state index contributed by atoms with van der Waals surface area (Å²) < 4.78 is 0. The summed E-state index contributed by atoms with van der Waals surface area (Å²) >= 11 is 1.18. The molecular weight excluding hydrogens is 316 g/mol. The van der Waals surface area contributed by atoms with Gasteiger partial charge < -0.3 is 16.0 Å². The minimum atomic E-state index is -0.392. The first-order valence-electron chi connectivity index (χ1n) is 6.77. The zero-order valence-electron chi connectivity index (χ0n) is 12.2. The fraction of sp³-hybridized carbons (Fsp3) is 0.143. The van der Waals surface area contributed by atoms with Crippen molar-refractivity contribution in [3.8, 4) is 0 Å². The lowest BCUT2D eigenvalue weighted by Crippen LogP contribution is -2.14. The monoisotopic (exact) mass is 330 g/mol. The molecule has 0 atom stereocenters. The van der Waals surface area contributed by atoms with Crippen LogP contribution in [0.2, 0.25) is 0 Å². The molecule has 0 aliphatic carbocycles. The molecule has 5 N–H and O–H groups in total. The van der Waals surface area contributed by atoms with Gasteiger partial charge in [0.1, 0.15) is 0 Å². The molecule has 0 radical (unpaired) electrons. The van der Waals surface area contributed by atoms with E-state index < -0.39 is 5.56 Å². The summed E-state index contributed by atoms with van der Waals surface area (Å²) in [6.45, 7) is 1.92. The van der Waals surface area contributed by atoms with Gasteiger partial charge in [-0.05, 0) is 18.6 Å². The van der Waals surface area contributed by atoms with Crippen molar-refractivity contribution in [3.63, 3.8) is 0 Å². The lowest BCUT2D eigenvalue weighted by Gasteiger charge is -2.06. The number of aromatic amines is 2. The smallest absolute Gasteiger partial charge is 0.278 e. The van der Waals surface area contributed by atoms with E-state index in [1.165, 1.54) is 11.8 Å². The third kappa shape index (κ3) is 3.34. The molecule has 118 valence electrons. The van der Waals surface area contributed by atoms with Crippen LogP contribution < -0.4 is 16.6 Å². The first kappa shape index (κ1) is 15.1. The number of benzene rings is 1. The Balaban J connectivity index is 1.69. The number of carbonyl (C=O) groups excluding carboxylic acids is 1. The van der Waals surface area contributed by atoms with Crippen molar-refractivity contribution in [2.24, 2.45) is 0 Å². The van der Waals surface area contributed by atoms with E-state index in [2.05, 4.69) is 25.3 Å². The van der Waals surface area contributed by atoms with Crippen LogP contribution in [0.25, 0.3) is 11.2 Å². The number of hydrogen-bond acceptors (Lipinski definition) is 6. The fourth-order valence-electron chi connectivity index (χ4n) is 2.00. The first-order valence-corrected chi connectivity index (χ1v) is 7.75. The number of amides is 1. The Morgan fingerprint density at radius 3 is 2.87 bits per heavy atom. The summed E-state index contributed by atoms with van der Waals surface area (Å²) in [5, 5.41) is 3.26. The van der Waals surface area contributed by atoms with Gasteiger partial charge in [0.25, 0.3) is 5.56 Å². The molecule has 0 unspecified atom stereocenters. The van der Waals surface area contributed by atoms with Crippen LogP contribution in [0, 0.1) is 6.92 Å². The summed E-state index contributed by atoms with van der Waals surface area (Å²) in [4.78, 5) is 37.0. The van der Waals surface area contributed by atoms with Crippen LogP contribution in [-0.2, 0) is 4.79 Å². The predicted octanol–water partition coefficient (Wildman–Crippen LogP) is 1.27. The molecule has 2 heterocycles. The topological polar surface area (TPSA) is 130 Å². The maximum Gasteiger partial charge on any atom is 0.278 e. The Labute approximate surface area is 134 Å². The number of fused-ring (bicyclic) bond motifs is 1. The maximum absolute atomic E-state index is 12.0. The molecule has 1 amide bonds. The predicted molar refractivity (Wildman–Crippen MR) is 89.5 cm³/mol. The van der Waals surface area contributed by atoms with Gasteiger partial charge in [-0.3, -0.25) is 14.6 Å². The highest BCUT2D eigenvalue weighted by Crippen LogP contribution is 2.18. The van der Waals surface area contributed by atoms with E-state index in [1.807, 2.05) is 31.2 Å². The summed E-state index contributed by atoms with van der Waals surface area (Å²) in [6, 6.07) is 7.53. The number of carbonyl (C=O) groups is 1.